The number of carbonyl (C=O) groups is 2. The van der Waals surface area contributed by atoms with Crippen molar-refractivity contribution in [1.82, 2.24) is 0 Å². The van der Waals surface area contributed by atoms with E-state index >= 15 is 0 Å². The number of carbonyl (C=O) groups excluding carboxylic acids is 2. The van der Waals surface area contributed by atoms with Crippen LogP contribution in [0.5, 0.6) is 23.0 Å². The van der Waals surface area contributed by atoms with Gasteiger partial charge in [-0.1, -0.05) is 24.3 Å². The average Bonchev–Trinajstić information content (AvgIpc) is 3.40. The summed E-state index contributed by atoms with van der Waals surface area (Å²) in [6, 6.07) is 15.0. The minimum absolute atomic E-state index is 0.0126. The van der Waals surface area contributed by atoms with Crippen LogP contribution in [0.3, 0.4) is 0 Å². The number of ether oxygens (including phenoxy) is 9. The molecule has 3 fully saturated rings. The third-order valence-corrected chi connectivity index (χ3v) is 12.5. The van der Waals surface area contributed by atoms with Gasteiger partial charge in [0.1, 0.15) is 109 Å². The van der Waals surface area contributed by atoms with Crippen molar-refractivity contribution in [3.05, 3.63) is 137 Å². The summed E-state index contributed by atoms with van der Waals surface area (Å²) in [5.41, 5.74) is 0.962. The lowest BCUT2D eigenvalue weighted by Crippen LogP contribution is -2.64. The predicted molar refractivity (Wildman–Crippen MR) is 253 cm³/mol. The Morgan fingerprint density at radius 1 is 0.553 bits per heavy atom. The Bertz CT molecular complexity index is 2730. The number of hydrogen-bond acceptors (Lipinski definition) is 25. The molecule has 4 aliphatic heterocycles. The molecule has 16 atom stereocenters. The Labute approximate surface area is 430 Å². The topological polar surface area (TPSA) is 400 Å². The smallest absolute Gasteiger partial charge is 0.330 e. The summed E-state index contributed by atoms with van der Waals surface area (Å²) in [6.07, 6.45) is -21.4. The molecule has 0 amide bonds. The van der Waals surface area contributed by atoms with Gasteiger partial charge in [-0.05, 0) is 71.8 Å². The predicted octanol–water partition coefficient (Wildman–Crippen LogP) is -1.17. The van der Waals surface area contributed by atoms with Gasteiger partial charge in [-0.3, -0.25) is 0 Å². The fourth-order valence-electron chi connectivity index (χ4n) is 8.30. The molecule has 0 bridgehead atoms. The second-order valence-corrected chi connectivity index (χ2v) is 17.8. The third-order valence-electron chi connectivity index (χ3n) is 12.5. The highest BCUT2D eigenvalue weighted by molar-refractivity contribution is 5.87. The van der Waals surface area contributed by atoms with Crippen molar-refractivity contribution in [2.24, 2.45) is 0 Å². The first-order valence-corrected chi connectivity index (χ1v) is 23.3. The highest BCUT2D eigenvalue weighted by Crippen LogP contribution is 2.42. The number of allylic oxidation sites excluding steroid dienone is 2. The summed E-state index contributed by atoms with van der Waals surface area (Å²) in [5, 5.41) is 149. The zero-order valence-corrected chi connectivity index (χ0v) is 39.5. The van der Waals surface area contributed by atoms with Gasteiger partial charge in [0.25, 0.3) is 0 Å². The Hall–Kier alpha value is -7.08. The molecule has 0 radical (unpaired) electrons. The van der Waals surface area contributed by atoms with Gasteiger partial charge in [-0.2, -0.15) is 0 Å². The first-order valence-electron chi connectivity index (χ1n) is 23.3. The molecule has 76 heavy (non-hydrogen) atoms. The maximum atomic E-state index is 12.9. The normalized spacial score (nSPS) is 32.6. The molecule has 14 N–H and O–H groups in total. The van der Waals surface area contributed by atoms with Crippen LogP contribution in [-0.2, 0) is 52.2 Å². The minimum Gasteiger partial charge on any atom is -0.508 e. The van der Waals surface area contributed by atoms with E-state index in [1.54, 1.807) is 0 Å². The summed E-state index contributed by atoms with van der Waals surface area (Å²) in [6.45, 7) is -2.32. The van der Waals surface area contributed by atoms with Crippen molar-refractivity contribution in [1.29, 1.82) is 0 Å². The van der Waals surface area contributed by atoms with Gasteiger partial charge >= 0.3 is 11.9 Å². The summed E-state index contributed by atoms with van der Waals surface area (Å²) in [7, 11) is 0. The van der Waals surface area contributed by atoms with Crippen molar-refractivity contribution in [2.45, 2.75) is 98.2 Å². The molecule has 1 aliphatic carbocycles. The molecule has 5 aliphatic rings. The molecule has 3 aromatic carbocycles. The van der Waals surface area contributed by atoms with E-state index in [9.17, 15) is 81.1 Å². The molecule has 0 spiro atoms. The van der Waals surface area contributed by atoms with E-state index in [2.05, 4.69) is 0 Å². The number of esters is 2. The van der Waals surface area contributed by atoms with Crippen LogP contribution in [0.2, 0.25) is 0 Å². The number of rotatable bonds is 16. The quantitative estimate of drug-likeness (QED) is 0.0456. The van der Waals surface area contributed by atoms with Gasteiger partial charge in [0.05, 0.1) is 6.61 Å². The van der Waals surface area contributed by atoms with Gasteiger partial charge in [-0.15, -0.1) is 0 Å². The third kappa shape index (κ3) is 12.6. The number of hydrogen-bond donors (Lipinski definition) is 14. The van der Waals surface area contributed by atoms with Gasteiger partial charge in [-0.25, -0.2) is 9.59 Å². The zero-order chi connectivity index (χ0) is 54.5. The van der Waals surface area contributed by atoms with Crippen LogP contribution in [-0.4, -0.2) is 201 Å². The molecule has 408 valence electrons. The Morgan fingerprint density at radius 3 is 1.64 bits per heavy atom. The number of benzene rings is 3. The summed E-state index contributed by atoms with van der Waals surface area (Å²) in [5.74, 6) is -4.60. The second kappa shape index (κ2) is 23.9. The first kappa shape index (κ1) is 55.2. The van der Waals surface area contributed by atoms with Crippen LogP contribution in [0.25, 0.3) is 17.9 Å². The van der Waals surface area contributed by atoms with E-state index < -0.39 is 153 Å². The van der Waals surface area contributed by atoms with Crippen LogP contribution in [0.4, 0.5) is 0 Å². The van der Waals surface area contributed by atoms with Crippen molar-refractivity contribution in [3.8, 4) is 23.0 Å². The van der Waals surface area contributed by atoms with E-state index in [-0.39, 0.29) is 34.2 Å². The van der Waals surface area contributed by atoms with Crippen molar-refractivity contribution in [2.75, 3.05) is 19.8 Å². The fourth-order valence-corrected chi connectivity index (χ4v) is 8.30. The molecule has 3 saturated heterocycles. The fraction of sp³-hybridized carbons (Fsp3) is 0.373. The number of fused-ring (bicyclic) bond motifs is 1. The molecule has 3 aromatic rings. The molecule has 25 nitrogen and oxygen atoms in total. The van der Waals surface area contributed by atoms with Crippen molar-refractivity contribution < 1.29 is 124 Å². The monoisotopic (exact) mass is 1070 g/mol. The van der Waals surface area contributed by atoms with E-state index in [4.69, 9.17) is 42.6 Å². The van der Waals surface area contributed by atoms with Crippen LogP contribution in [0.15, 0.2) is 120 Å². The molecule has 1 unspecified atom stereocenters. The minimum atomic E-state index is -2.14. The molecule has 25 heteroatoms. The highest BCUT2D eigenvalue weighted by atomic mass is 16.8. The zero-order valence-electron chi connectivity index (χ0n) is 39.5. The first-order chi connectivity index (χ1) is 36.3. The largest absolute Gasteiger partial charge is 0.508 e. The van der Waals surface area contributed by atoms with E-state index in [0.29, 0.717) is 11.1 Å². The summed E-state index contributed by atoms with van der Waals surface area (Å²) >= 11 is 0. The summed E-state index contributed by atoms with van der Waals surface area (Å²) < 4.78 is 52.7. The molecular weight excluding hydrogens is 1010 g/mol. The number of aromatic hydroxyl groups is 4. The van der Waals surface area contributed by atoms with Gasteiger partial charge in [0, 0.05) is 35.4 Å². The van der Waals surface area contributed by atoms with E-state index in [0.717, 1.165) is 30.4 Å². The lowest BCUT2D eigenvalue weighted by molar-refractivity contribution is -0.363. The van der Waals surface area contributed by atoms with Crippen molar-refractivity contribution >= 4 is 29.8 Å². The maximum absolute atomic E-state index is 12.9. The Morgan fingerprint density at radius 2 is 1.08 bits per heavy atom. The molecular formula is C51H54O25. The van der Waals surface area contributed by atoms with Crippen LogP contribution in [0.1, 0.15) is 16.7 Å². The highest BCUT2D eigenvalue weighted by Gasteiger charge is 2.53. The van der Waals surface area contributed by atoms with Crippen LogP contribution < -0.4 is 0 Å². The maximum Gasteiger partial charge on any atom is 0.330 e. The van der Waals surface area contributed by atoms with Gasteiger partial charge in [0.15, 0.2) is 35.4 Å². The molecule has 8 rings (SSSR count). The number of aliphatic hydroxyl groups excluding tert-OH is 10. The SMILES string of the molecule is O=C(/C=C/c1ccc(O)cc1)OC[C@H]1O[C@@H](O[C@H]2[C@H](OC3=C(c4ccc(O)c(O)c4)OC4C=C(O)C=C(O[C@@H]5O[C@H](CO)[C@@H](O)[C@H](O)[C@H]5O)C4=C3)O[C@H](COC(=O)/C=C/c3ccc(O)cc3)[C@@H](O)[C@@H]2O)[C@H](O)[C@@H](O)[C@@H]1O. The van der Waals surface area contributed by atoms with Crippen LogP contribution in [0, 0.1) is 0 Å². The molecule has 0 saturated carbocycles. The Balaban J connectivity index is 1.11. The molecule has 4 heterocycles. The van der Waals surface area contributed by atoms with Crippen LogP contribution >= 0.6 is 0 Å². The number of aliphatic hydroxyl groups is 10. The van der Waals surface area contributed by atoms with Gasteiger partial charge in [0.2, 0.25) is 12.6 Å². The number of phenolic OH excluding ortho intramolecular Hbond substituents is 4. The molecule has 0 aromatic heterocycles. The van der Waals surface area contributed by atoms with Crippen molar-refractivity contribution in [3.63, 3.8) is 0 Å². The lowest BCUT2D eigenvalue weighted by atomic mass is 9.95. The summed E-state index contributed by atoms with van der Waals surface area (Å²) in [4.78, 5) is 25.6. The van der Waals surface area contributed by atoms with E-state index in [1.165, 1.54) is 78.9 Å². The number of phenols is 4. The Kier molecular flexibility index (Phi) is 17.3. The second-order valence-electron chi connectivity index (χ2n) is 17.8. The lowest BCUT2D eigenvalue weighted by Gasteiger charge is -2.46. The average molecular weight is 1070 g/mol. The standard InChI is InChI=1S/C51H54O25/c52-19-34-39(60)42(63)45(66)49(73-34)71-32-17-27(55)16-31-28(32)18-33(47(70-31)24-7-12-29(56)30(57)15-24)72-51-48(44(65)41(62)36(75-51)21-69-38(59)14-6-23-3-10-26(54)11-4-23)76-50-46(67)43(64)40(61)35(74-50)20-68-37(58)13-5-22-1-8-25(53)9-2-22/h1-18,31,34-36,39-46,48-57,60-67H,19-21H2/b13-5+,14-6+/t31?,34-,35-,36-,39-,40-,41-,42+,43+,44+,45-,46-,48-,49-,50+,51-/m1/s1. The van der Waals surface area contributed by atoms with Gasteiger partial charge < -0.3 is 114 Å². The van der Waals surface area contributed by atoms with E-state index in [1.807, 2.05) is 0 Å².